The van der Waals surface area contributed by atoms with Crippen LogP contribution in [0.3, 0.4) is 0 Å². The van der Waals surface area contributed by atoms with Gasteiger partial charge in [-0.1, -0.05) is 48.5 Å². The average molecular weight is 651 g/mol. The van der Waals surface area contributed by atoms with Crippen molar-refractivity contribution >= 4 is 12.2 Å². The highest BCUT2D eigenvalue weighted by Crippen LogP contribution is 2.53. The Bertz CT molecular complexity index is 1680. The molecule has 48 heavy (non-hydrogen) atoms. The second-order valence-electron chi connectivity index (χ2n) is 15.6. The molecule has 3 aliphatic rings. The Hall–Kier alpha value is -4.60. The van der Waals surface area contributed by atoms with E-state index in [1.807, 2.05) is 63.7 Å². The van der Waals surface area contributed by atoms with Crippen molar-refractivity contribution in [2.75, 3.05) is 0 Å². The summed E-state index contributed by atoms with van der Waals surface area (Å²) in [6, 6.07) is 16.9. The molecule has 10 nitrogen and oxygen atoms in total. The molecular weight excluding hydrogens is 604 g/mol. The van der Waals surface area contributed by atoms with Gasteiger partial charge in [-0.3, -0.25) is 9.80 Å². The smallest absolute Gasteiger partial charge is 0.411 e. The van der Waals surface area contributed by atoms with Gasteiger partial charge in [0.05, 0.1) is 35.9 Å². The van der Waals surface area contributed by atoms with E-state index in [9.17, 15) is 9.59 Å². The van der Waals surface area contributed by atoms with Gasteiger partial charge in [-0.15, -0.1) is 0 Å². The van der Waals surface area contributed by atoms with Gasteiger partial charge in [-0.25, -0.2) is 19.6 Å². The largest absolute Gasteiger partial charge is 0.444 e. The molecule has 2 saturated heterocycles. The first-order valence-electron chi connectivity index (χ1n) is 17.1. The minimum absolute atomic E-state index is 0.0895. The van der Waals surface area contributed by atoms with E-state index in [0.29, 0.717) is 5.92 Å². The number of nitrogens with zero attached hydrogens (tertiary/aromatic N) is 4. The molecule has 0 spiro atoms. The Kier molecular flexibility index (Phi) is 7.88. The van der Waals surface area contributed by atoms with Gasteiger partial charge in [0, 0.05) is 12.1 Å². The molecule has 4 aromatic rings. The lowest BCUT2D eigenvalue weighted by atomic mass is 10.0. The van der Waals surface area contributed by atoms with E-state index < -0.39 is 11.2 Å². The molecule has 4 unspecified atom stereocenters. The zero-order valence-corrected chi connectivity index (χ0v) is 28.9. The van der Waals surface area contributed by atoms with Crippen molar-refractivity contribution < 1.29 is 19.1 Å². The van der Waals surface area contributed by atoms with Crippen LogP contribution in [0.2, 0.25) is 0 Å². The summed E-state index contributed by atoms with van der Waals surface area (Å²) >= 11 is 0. The van der Waals surface area contributed by atoms with E-state index in [-0.39, 0.29) is 36.4 Å². The number of H-pyrrole nitrogens is 2. The van der Waals surface area contributed by atoms with Gasteiger partial charge in [0.2, 0.25) is 0 Å². The van der Waals surface area contributed by atoms with Crippen LogP contribution in [-0.2, 0) is 9.47 Å². The second-order valence-corrected chi connectivity index (χ2v) is 15.6. The van der Waals surface area contributed by atoms with E-state index in [1.165, 1.54) is 0 Å². The number of likely N-dealkylation sites (tertiary alicyclic amines) is 2. The Labute approximate surface area is 282 Å². The Morgan fingerprint density at radius 3 is 1.62 bits per heavy atom. The molecule has 3 fully saturated rings. The fourth-order valence-corrected chi connectivity index (χ4v) is 7.14. The number of piperidine rings is 1. The van der Waals surface area contributed by atoms with Gasteiger partial charge in [0.1, 0.15) is 22.9 Å². The summed E-state index contributed by atoms with van der Waals surface area (Å²) in [4.78, 5) is 46.0. The number of carbonyl (C=O) groups is 2. The number of imidazole rings is 2. The van der Waals surface area contributed by atoms with Crippen LogP contribution in [0.4, 0.5) is 9.59 Å². The van der Waals surface area contributed by atoms with Gasteiger partial charge in [-0.05, 0) is 102 Å². The van der Waals surface area contributed by atoms with Crippen LogP contribution in [0.5, 0.6) is 0 Å². The third kappa shape index (κ3) is 6.44. The highest BCUT2D eigenvalue weighted by molar-refractivity contribution is 5.73. The zero-order valence-electron chi connectivity index (χ0n) is 28.9. The quantitative estimate of drug-likeness (QED) is 0.223. The minimum Gasteiger partial charge on any atom is -0.444 e. The maximum absolute atomic E-state index is 13.0. The fourth-order valence-electron chi connectivity index (χ4n) is 7.14. The van der Waals surface area contributed by atoms with E-state index >= 15 is 0 Å². The number of nitrogens with one attached hydrogen (secondary N) is 2. The number of ether oxygens (including phenoxy) is 2. The average Bonchev–Trinajstić information content (AvgIpc) is 3.51. The number of fused-ring (bicyclic) bond motifs is 1. The molecule has 2 N–H and O–H groups in total. The van der Waals surface area contributed by atoms with Crippen LogP contribution in [0.1, 0.15) is 97.9 Å². The summed E-state index contributed by atoms with van der Waals surface area (Å²) in [6.45, 7) is 13.4. The minimum atomic E-state index is -0.550. The van der Waals surface area contributed by atoms with Gasteiger partial charge in [-0.2, -0.15) is 0 Å². The number of hydrogen-bond acceptors (Lipinski definition) is 6. The maximum Gasteiger partial charge on any atom is 0.411 e. The van der Waals surface area contributed by atoms with E-state index in [4.69, 9.17) is 14.5 Å². The molecule has 2 aromatic carbocycles. The molecule has 4 heterocycles. The third-order valence-corrected chi connectivity index (χ3v) is 9.53. The Morgan fingerprint density at radius 1 is 0.667 bits per heavy atom. The summed E-state index contributed by atoms with van der Waals surface area (Å²) in [7, 11) is 0. The van der Waals surface area contributed by atoms with E-state index in [2.05, 4.69) is 70.4 Å². The van der Waals surface area contributed by atoms with Crippen LogP contribution in [-0.4, -0.2) is 65.2 Å². The van der Waals surface area contributed by atoms with Crippen molar-refractivity contribution in [3.05, 3.63) is 72.6 Å². The summed E-state index contributed by atoms with van der Waals surface area (Å²) < 4.78 is 11.4. The predicted octanol–water partition coefficient (Wildman–Crippen LogP) is 8.66. The van der Waals surface area contributed by atoms with Crippen LogP contribution >= 0.6 is 0 Å². The number of aromatic amines is 2. The summed E-state index contributed by atoms with van der Waals surface area (Å²) in [6.07, 6.45) is 6.85. The van der Waals surface area contributed by atoms with Crippen LogP contribution in [0.15, 0.2) is 60.9 Å². The second kappa shape index (κ2) is 11.8. The molecular formula is C38H46N6O4. The molecule has 5 atom stereocenters. The molecule has 2 aliphatic heterocycles. The highest BCUT2D eigenvalue weighted by Gasteiger charge is 2.56. The van der Waals surface area contributed by atoms with Gasteiger partial charge in [0.15, 0.2) is 0 Å². The predicted molar refractivity (Wildman–Crippen MR) is 184 cm³/mol. The molecule has 0 bridgehead atoms. The Morgan fingerprint density at radius 2 is 1.12 bits per heavy atom. The molecule has 2 amide bonds. The first kappa shape index (κ1) is 32.0. The molecule has 2 aromatic heterocycles. The number of hydrogen-bond donors (Lipinski definition) is 2. The zero-order chi connectivity index (χ0) is 34.0. The number of rotatable bonds is 5. The highest BCUT2D eigenvalue weighted by atomic mass is 16.6. The lowest BCUT2D eigenvalue weighted by Crippen LogP contribution is -2.40. The topological polar surface area (TPSA) is 116 Å². The number of aromatic nitrogens is 4. The number of carbonyl (C=O) groups excluding carboxylic acids is 2. The third-order valence-electron chi connectivity index (χ3n) is 9.53. The summed E-state index contributed by atoms with van der Waals surface area (Å²) in [5, 5.41) is 0. The summed E-state index contributed by atoms with van der Waals surface area (Å²) in [5.74, 6) is 2.12. The van der Waals surface area contributed by atoms with Crippen molar-refractivity contribution in [1.82, 2.24) is 29.7 Å². The Balaban J connectivity index is 1.02. The summed E-state index contributed by atoms with van der Waals surface area (Å²) in [5.41, 5.74) is 5.03. The SMILES string of the molecule is C[C@H]1CCC(c2ncc(-c3ccc(-c4ccc(-c5cnc(C6CC7CC7N6C(=O)OC(C)(C)C)[nH]5)cc4)cc3)[nH]2)N1C(=O)OC(C)(C)C. The molecule has 10 heteroatoms. The van der Waals surface area contributed by atoms with Crippen LogP contribution in [0, 0.1) is 5.92 Å². The first-order chi connectivity index (χ1) is 22.7. The fraction of sp³-hybridized carbons (Fsp3) is 0.474. The van der Waals surface area contributed by atoms with Crippen LogP contribution in [0.25, 0.3) is 33.6 Å². The maximum atomic E-state index is 13.0. The lowest BCUT2D eigenvalue weighted by molar-refractivity contribution is 0.0147. The normalized spacial score (nSPS) is 23.7. The van der Waals surface area contributed by atoms with Crippen molar-refractivity contribution in [3.63, 3.8) is 0 Å². The van der Waals surface area contributed by atoms with Gasteiger partial charge >= 0.3 is 12.2 Å². The number of amides is 2. The standard InChI is InChI=1S/C38H46N6O4/c1-22-8-17-30(43(22)35(45)47-37(2,3)4)33-39-20-28(41-33)25-13-9-23(10-14-25)24-11-15-26(16-12-24)29-21-40-34(42-29)32-19-27-18-31(27)44(32)36(46)48-38(5,6)7/h9-16,20-22,27,30-32H,8,17-19H2,1-7H3,(H,39,41)(H,40,42)/t22-,27?,30?,31?,32?/m0/s1. The molecule has 7 rings (SSSR count). The molecule has 1 saturated carbocycles. The van der Waals surface area contributed by atoms with Crippen molar-refractivity contribution in [2.24, 2.45) is 5.92 Å². The van der Waals surface area contributed by atoms with E-state index in [1.54, 1.807) is 0 Å². The monoisotopic (exact) mass is 650 g/mol. The van der Waals surface area contributed by atoms with Crippen molar-refractivity contribution in [1.29, 1.82) is 0 Å². The van der Waals surface area contributed by atoms with Crippen LogP contribution < -0.4 is 0 Å². The van der Waals surface area contributed by atoms with Crippen molar-refractivity contribution in [2.45, 2.75) is 110 Å². The van der Waals surface area contributed by atoms with Gasteiger partial charge < -0.3 is 19.4 Å². The van der Waals surface area contributed by atoms with Gasteiger partial charge in [0.25, 0.3) is 0 Å². The number of benzene rings is 2. The lowest BCUT2D eigenvalue weighted by Gasteiger charge is -2.30. The van der Waals surface area contributed by atoms with E-state index in [0.717, 1.165) is 71.0 Å². The molecule has 252 valence electrons. The van der Waals surface area contributed by atoms with Crippen molar-refractivity contribution in [3.8, 4) is 33.6 Å². The first-order valence-corrected chi connectivity index (χ1v) is 17.1. The molecule has 1 aliphatic carbocycles. The molecule has 0 radical (unpaired) electrons.